The van der Waals surface area contributed by atoms with Gasteiger partial charge in [0.25, 0.3) is 0 Å². The predicted molar refractivity (Wildman–Crippen MR) is 76.4 cm³/mol. The summed E-state index contributed by atoms with van der Waals surface area (Å²) in [6.07, 6.45) is 0. The molecule has 0 radical (unpaired) electrons. The van der Waals surface area contributed by atoms with Gasteiger partial charge in [0.05, 0.1) is 26.9 Å². The third-order valence-corrected chi connectivity index (χ3v) is 4.86. The molecule has 1 atom stereocenters. The van der Waals surface area contributed by atoms with E-state index in [1.54, 1.807) is 6.07 Å². The molecule has 7 heteroatoms. The molecule has 0 aromatic carbocycles. The number of alkyl halides is 1. The standard InChI is InChI=1S/C12H19ClN2O3S/c1-12(2,7-13)8(6-16)19-11-14-9(17-3)5-10(15-11)18-4/h5,8,16H,6-7H2,1-4H3. The molecular weight excluding hydrogens is 288 g/mol. The number of ether oxygens (including phenoxy) is 2. The number of hydrogen-bond acceptors (Lipinski definition) is 6. The van der Waals surface area contributed by atoms with Gasteiger partial charge < -0.3 is 14.6 Å². The molecule has 1 rings (SSSR count). The van der Waals surface area contributed by atoms with Crippen molar-refractivity contribution >= 4 is 23.4 Å². The van der Waals surface area contributed by atoms with Crippen LogP contribution in [0, 0.1) is 5.41 Å². The van der Waals surface area contributed by atoms with E-state index >= 15 is 0 Å². The molecule has 19 heavy (non-hydrogen) atoms. The number of aromatic nitrogens is 2. The third-order valence-electron chi connectivity index (χ3n) is 2.71. The Morgan fingerprint density at radius 1 is 1.32 bits per heavy atom. The van der Waals surface area contributed by atoms with E-state index in [0.29, 0.717) is 22.8 Å². The second-order valence-electron chi connectivity index (χ2n) is 4.65. The molecule has 0 fully saturated rings. The Balaban J connectivity index is 2.96. The molecule has 1 unspecified atom stereocenters. The van der Waals surface area contributed by atoms with Gasteiger partial charge >= 0.3 is 0 Å². The highest BCUT2D eigenvalue weighted by Gasteiger charge is 2.30. The van der Waals surface area contributed by atoms with Crippen molar-refractivity contribution in [2.24, 2.45) is 5.41 Å². The van der Waals surface area contributed by atoms with Crippen molar-refractivity contribution < 1.29 is 14.6 Å². The Hall–Kier alpha value is -0.720. The quantitative estimate of drug-likeness (QED) is 0.473. The summed E-state index contributed by atoms with van der Waals surface area (Å²) in [5.74, 6) is 1.29. The van der Waals surface area contributed by atoms with Gasteiger partial charge in [0.1, 0.15) is 0 Å². The summed E-state index contributed by atoms with van der Waals surface area (Å²) in [5, 5.41) is 9.89. The Bertz CT molecular complexity index is 396. The molecule has 0 aliphatic heterocycles. The first-order chi connectivity index (χ1) is 8.96. The molecule has 0 amide bonds. The maximum atomic E-state index is 9.51. The van der Waals surface area contributed by atoms with E-state index in [1.165, 1.54) is 26.0 Å². The number of aliphatic hydroxyl groups excluding tert-OH is 1. The number of nitrogens with zero attached hydrogens (tertiary/aromatic N) is 2. The maximum absolute atomic E-state index is 9.51. The van der Waals surface area contributed by atoms with E-state index in [-0.39, 0.29) is 17.3 Å². The van der Waals surface area contributed by atoms with Crippen molar-refractivity contribution in [3.8, 4) is 11.8 Å². The monoisotopic (exact) mass is 306 g/mol. The predicted octanol–water partition coefficient (Wildman–Crippen LogP) is 2.21. The summed E-state index contributed by atoms with van der Waals surface area (Å²) in [6.45, 7) is 3.98. The molecule has 0 bridgehead atoms. The molecule has 1 aromatic rings. The second kappa shape index (κ2) is 7.17. The van der Waals surface area contributed by atoms with Crippen LogP contribution in [0.1, 0.15) is 13.8 Å². The minimum absolute atomic E-state index is 0.00667. The Morgan fingerprint density at radius 3 is 2.21 bits per heavy atom. The SMILES string of the molecule is COc1cc(OC)nc(SC(CO)C(C)(C)CCl)n1. The fraction of sp³-hybridized carbons (Fsp3) is 0.667. The van der Waals surface area contributed by atoms with E-state index in [2.05, 4.69) is 9.97 Å². The Labute approximate surface area is 122 Å². The number of rotatable bonds is 7. The van der Waals surface area contributed by atoms with Gasteiger partial charge in [-0.1, -0.05) is 25.6 Å². The van der Waals surface area contributed by atoms with Crippen LogP contribution in [0.2, 0.25) is 0 Å². The van der Waals surface area contributed by atoms with Gasteiger partial charge in [-0.3, -0.25) is 0 Å². The van der Waals surface area contributed by atoms with Crippen LogP contribution in [-0.2, 0) is 0 Å². The van der Waals surface area contributed by atoms with Gasteiger partial charge in [-0.25, -0.2) is 0 Å². The van der Waals surface area contributed by atoms with Crippen molar-refractivity contribution in [1.29, 1.82) is 0 Å². The molecule has 5 nitrogen and oxygen atoms in total. The van der Waals surface area contributed by atoms with Crippen LogP contribution < -0.4 is 9.47 Å². The molecule has 1 heterocycles. The smallest absolute Gasteiger partial charge is 0.220 e. The second-order valence-corrected chi connectivity index (χ2v) is 6.08. The zero-order valence-corrected chi connectivity index (χ0v) is 13.1. The van der Waals surface area contributed by atoms with E-state index in [0.717, 1.165) is 0 Å². The third kappa shape index (κ3) is 4.40. The minimum atomic E-state index is -0.235. The molecule has 0 spiro atoms. The van der Waals surface area contributed by atoms with Crippen LogP contribution in [-0.4, -0.2) is 47.0 Å². The van der Waals surface area contributed by atoms with Crippen LogP contribution in [0.3, 0.4) is 0 Å². The molecule has 0 saturated heterocycles. The van der Waals surface area contributed by atoms with Crippen LogP contribution in [0.4, 0.5) is 0 Å². The van der Waals surface area contributed by atoms with Crippen molar-refractivity contribution in [2.45, 2.75) is 24.3 Å². The first-order valence-corrected chi connectivity index (χ1v) is 7.18. The van der Waals surface area contributed by atoms with Crippen molar-refractivity contribution in [3.05, 3.63) is 6.07 Å². The lowest BCUT2D eigenvalue weighted by Crippen LogP contribution is -2.31. The average molecular weight is 307 g/mol. The highest BCUT2D eigenvalue weighted by molar-refractivity contribution is 7.99. The summed E-state index contributed by atoms with van der Waals surface area (Å²) in [4.78, 5) is 8.46. The normalized spacial score (nSPS) is 13.2. The van der Waals surface area contributed by atoms with Gasteiger partial charge in [-0.05, 0) is 5.41 Å². The van der Waals surface area contributed by atoms with E-state index in [9.17, 15) is 5.11 Å². The summed E-state index contributed by atoms with van der Waals surface area (Å²) in [6, 6.07) is 1.60. The lowest BCUT2D eigenvalue weighted by Gasteiger charge is -2.29. The minimum Gasteiger partial charge on any atom is -0.481 e. The van der Waals surface area contributed by atoms with Gasteiger partial charge in [0.2, 0.25) is 11.8 Å². The molecule has 0 aliphatic carbocycles. The van der Waals surface area contributed by atoms with Crippen LogP contribution in [0.15, 0.2) is 11.2 Å². The average Bonchev–Trinajstić information content (AvgIpc) is 2.43. The van der Waals surface area contributed by atoms with Crippen molar-refractivity contribution in [3.63, 3.8) is 0 Å². The topological polar surface area (TPSA) is 64.5 Å². The summed E-state index contributed by atoms with van der Waals surface area (Å²) >= 11 is 7.30. The molecule has 108 valence electrons. The van der Waals surface area contributed by atoms with Gasteiger partial charge in [-0.2, -0.15) is 9.97 Å². The van der Waals surface area contributed by atoms with Crippen LogP contribution >= 0.6 is 23.4 Å². The largest absolute Gasteiger partial charge is 0.481 e. The lowest BCUT2D eigenvalue weighted by molar-refractivity contribution is 0.236. The van der Waals surface area contributed by atoms with Crippen LogP contribution in [0.5, 0.6) is 11.8 Å². The Morgan fingerprint density at radius 2 is 1.84 bits per heavy atom. The number of methoxy groups -OCH3 is 2. The summed E-state index contributed by atoms with van der Waals surface area (Å²) in [5.41, 5.74) is -0.235. The van der Waals surface area contributed by atoms with Crippen molar-refractivity contribution in [1.82, 2.24) is 9.97 Å². The number of aliphatic hydroxyl groups is 1. The van der Waals surface area contributed by atoms with Gasteiger partial charge in [0.15, 0.2) is 5.16 Å². The van der Waals surface area contributed by atoms with Crippen molar-refractivity contribution in [2.75, 3.05) is 26.7 Å². The first-order valence-electron chi connectivity index (χ1n) is 5.77. The summed E-state index contributed by atoms with van der Waals surface area (Å²) in [7, 11) is 3.06. The lowest BCUT2D eigenvalue weighted by atomic mass is 9.92. The molecule has 0 saturated carbocycles. The summed E-state index contributed by atoms with van der Waals surface area (Å²) < 4.78 is 10.2. The highest BCUT2D eigenvalue weighted by atomic mass is 35.5. The number of thioether (sulfide) groups is 1. The maximum Gasteiger partial charge on any atom is 0.220 e. The fourth-order valence-electron chi connectivity index (χ4n) is 1.30. The van der Waals surface area contributed by atoms with Gasteiger partial charge in [0, 0.05) is 11.1 Å². The highest BCUT2D eigenvalue weighted by Crippen LogP contribution is 2.36. The van der Waals surface area contributed by atoms with Gasteiger partial charge in [-0.15, -0.1) is 11.6 Å². The first kappa shape index (κ1) is 16.3. The molecule has 1 aromatic heterocycles. The number of halogens is 1. The zero-order chi connectivity index (χ0) is 14.5. The van der Waals surface area contributed by atoms with E-state index in [4.69, 9.17) is 21.1 Å². The fourth-order valence-corrected chi connectivity index (χ4v) is 2.60. The van der Waals surface area contributed by atoms with Crippen LogP contribution in [0.25, 0.3) is 0 Å². The molecule has 1 N–H and O–H groups in total. The molecule has 0 aliphatic rings. The molecular formula is C12H19ClN2O3S. The number of hydrogen-bond donors (Lipinski definition) is 1. The zero-order valence-electron chi connectivity index (χ0n) is 11.5. The van der Waals surface area contributed by atoms with E-state index in [1.807, 2.05) is 13.8 Å². The van der Waals surface area contributed by atoms with E-state index < -0.39 is 0 Å². The Kier molecular flexibility index (Phi) is 6.16.